The Bertz CT molecular complexity index is 957. The quantitative estimate of drug-likeness (QED) is 0.612. The SMILES string of the molecule is CC(C)(C)c1nnc2sc(-c3cc(-c4ccccc4)n[nH]3)nn12. The second-order valence-electron chi connectivity index (χ2n) is 6.41. The average molecular weight is 324 g/mol. The number of hydrogen-bond donors (Lipinski definition) is 1. The zero-order valence-corrected chi connectivity index (χ0v) is 13.9. The van der Waals surface area contributed by atoms with Gasteiger partial charge in [0.1, 0.15) is 0 Å². The summed E-state index contributed by atoms with van der Waals surface area (Å²) in [7, 11) is 0. The van der Waals surface area contributed by atoms with E-state index in [0.717, 1.165) is 32.7 Å². The topological polar surface area (TPSA) is 71.8 Å². The van der Waals surface area contributed by atoms with Gasteiger partial charge in [-0.15, -0.1) is 10.2 Å². The Morgan fingerprint density at radius 1 is 1.09 bits per heavy atom. The van der Waals surface area contributed by atoms with Crippen molar-refractivity contribution in [3.63, 3.8) is 0 Å². The molecule has 116 valence electrons. The van der Waals surface area contributed by atoms with Crippen LogP contribution in [-0.4, -0.2) is 30.0 Å². The van der Waals surface area contributed by atoms with Crippen LogP contribution in [0.2, 0.25) is 0 Å². The minimum Gasteiger partial charge on any atom is -0.275 e. The summed E-state index contributed by atoms with van der Waals surface area (Å²) in [5.41, 5.74) is 2.77. The van der Waals surface area contributed by atoms with E-state index in [1.807, 2.05) is 40.9 Å². The van der Waals surface area contributed by atoms with Crippen molar-refractivity contribution in [3.8, 4) is 22.0 Å². The maximum absolute atomic E-state index is 4.66. The van der Waals surface area contributed by atoms with E-state index in [9.17, 15) is 0 Å². The molecule has 0 spiro atoms. The summed E-state index contributed by atoms with van der Waals surface area (Å²) in [6.45, 7) is 6.31. The van der Waals surface area contributed by atoms with Crippen LogP contribution in [0.3, 0.4) is 0 Å². The third kappa shape index (κ3) is 2.43. The second kappa shape index (κ2) is 4.99. The lowest BCUT2D eigenvalue weighted by molar-refractivity contribution is 0.528. The highest BCUT2D eigenvalue weighted by Crippen LogP contribution is 2.29. The molecule has 0 unspecified atom stereocenters. The molecule has 7 heteroatoms. The zero-order valence-electron chi connectivity index (χ0n) is 13.1. The molecule has 0 amide bonds. The Morgan fingerprint density at radius 2 is 1.87 bits per heavy atom. The maximum atomic E-state index is 4.66. The lowest BCUT2D eigenvalue weighted by Gasteiger charge is -2.13. The van der Waals surface area contributed by atoms with Crippen molar-refractivity contribution in [1.82, 2.24) is 30.0 Å². The Labute approximate surface area is 137 Å². The fourth-order valence-corrected chi connectivity index (χ4v) is 3.19. The van der Waals surface area contributed by atoms with Gasteiger partial charge in [-0.05, 0) is 6.07 Å². The minimum absolute atomic E-state index is 0.103. The number of nitrogens with zero attached hydrogens (tertiary/aromatic N) is 5. The highest BCUT2D eigenvalue weighted by molar-refractivity contribution is 7.19. The first kappa shape index (κ1) is 14.1. The first-order valence-corrected chi connectivity index (χ1v) is 8.18. The first-order valence-electron chi connectivity index (χ1n) is 7.36. The Hall–Kier alpha value is -2.54. The van der Waals surface area contributed by atoms with Crippen LogP contribution < -0.4 is 0 Å². The van der Waals surface area contributed by atoms with E-state index in [1.54, 1.807) is 0 Å². The Morgan fingerprint density at radius 3 is 2.61 bits per heavy atom. The van der Waals surface area contributed by atoms with Gasteiger partial charge >= 0.3 is 0 Å². The van der Waals surface area contributed by atoms with Gasteiger partial charge in [-0.3, -0.25) is 5.10 Å². The fourth-order valence-electron chi connectivity index (χ4n) is 2.38. The van der Waals surface area contributed by atoms with E-state index in [4.69, 9.17) is 0 Å². The molecule has 0 radical (unpaired) electrons. The number of rotatable bonds is 2. The van der Waals surface area contributed by atoms with E-state index in [-0.39, 0.29) is 5.41 Å². The van der Waals surface area contributed by atoms with Crippen molar-refractivity contribution in [2.24, 2.45) is 0 Å². The molecular weight excluding hydrogens is 308 g/mol. The standard InChI is InChI=1S/C16H16N6S/c1-16(2,3)14-19-20-15-22(14)21-13(23-15)12-9-11(17-18-12)10-7-5-4-6-8-10/h4-9H,1-3H3,(H,17,18). The monoisotopic (exact) mass is 324 g/mol. The second-order valence-corrected chi connectivity index (χ2v) is 7.36. The molecule has 1 aromatic carbocycles. The molecule has 4 rings (SSSR count). The van der Waals surface area contributed by atoms with Crippen LogP contribution in [0.1, 0.15) is 26.6 Å². The van der Waals surface area contributed by atoms with Crippen LogP contribution in [0.5, 0.6) is 0 Å². The van der Waals surface area contributed by atoms with Crippen LogP contribution in [0.25, 0.3) is 26.9 Å². The molecule has 0 fully saturated rings. The van der Waals surface area contributed by atoms with Gasteiger partial charge in [-0.2, -0.15) is 14.7 Å². The molecule has 0 aliphatic rings. The molecule has 4 aromatic rings. The molecule has 0 aliphatic heterocycles. The number of H-pyrrole nitrogens is 1. The third-order valence-corrected chi connectivity index (χ3v) is 4.47. The lowest BCUT2D eigenvalue weighted by atomic mass is 9.96. The molecule has 0 bridgehead atoms. The molecule has 0 saturated heterocycles. The maximum Gasteiger partial charge on any atom is 0.235 e. The van der Waals surface area contributed by atoms with Gasteiger partial charge in [0.2, 0.25) is 4.96 Å². The zero-order chi connectivity index (χ0) is 16.0. The van der Waals surface area contributed by atoms with Gasteiger partial charge in [0.25, 0.3) is 0 Å². The minimum atomic E-state index is -0.103. The Balaban J connectivity index is 1.76. The number of nitrogens with one attached hydrogen (secondary N) is 1. The fraction of sp³-hybridized carbons (Fsp3) is 0.250. The largest absolute Gasteiger partial charge is 0.275 e. The van der Waals surface area contributed by atoms with Crippen LogP contribution >= 0.6 is 11.3 Å². The van der Waals surface area contributed by atoms with Gasteiger partial charge < -0.3 is 0 Å². The van der Waals surface area contributed by atoms with Crippen LogP contribution in [0.4, 0.5) is 0 Å². The molecule has 1 N–H and O–H groups in total. The summed E-state index contributed by atoms with van der Waals surface area (Å²) in [6, 6.07) is 12.1. The normalized spacial score (nSPS) is 12.1. The van der Waals surface area contributed by atoms with Crippen LogP contribution in [0, 0.1) is 0 Å². The smallest absolute Gasteiger partial charge is 0.235 e. The highest BCUT2D eigenvalue weighted by Gasteiger charge is 2.24. The van der Waals surface area contributed by atoms with Crippen LogP contribution in [0.15, 0.2) is 36.4 Å². The van der Waals surface area contributed by atoms with Crippen molar-refractivity contribution >= 4 is 16.3 Å². The molecule has 23 heavy (non-hydrogen) atoms. The molecule has 0 saturated carbocycles. The van der Waals surface area contributed by atoms with Crippen molar-refractivity contribution in [2.75, 3.05) is 0 Å². The van der Waals surface area contributed by atoms with Crippen LogP contribution in [-0.2, 0) is 5.41 Å². The summed E-state index contributed by atoms with van der Waals surface area (Å²) < 4.78 is 1.82. The number of fused-ring (bicyclic) bond motifs is 1. The van der Waals surface area contributed by atoms with Gasteiger partial charge in [-0.1, -0.05) is 62.4 Å². The first-order chi connectivity index (χ1) is 11.0. The van der Waals surface area contributed by atoms with Crippen molar-refractivity contribution in [3.05, 3.63) is 42.2 Å². The molecule has 0 atom stereocenters. The predicted molar refractivity (Wildman–Crippen MR) is 90.4 cm³/mol. The summed E-state index contributed by atoms with van der Waals surface area (Å²) in [5, 5.41) is 21.4. The van der Waals surface area contributed by atoms with E-state index in [0.29, 0.717) is 0 Å². The summed E-state index contributed by atoms with van der Waals surface area (Å²) in [4.78, 5) is 0.792. The number of aromatic amines is 1. The van der Waals surface area contributed by atoms with E-state index in [2.05, 4.69) is 46.3 Å². The molecule has 0 aliphatic carbocycles. The Kier molecular flexibility index (Phi) is 3.05. The summed E-state index contributed by atoms with van der Waals surface area (Å²) >= 11 is 1.50. The van der Waals surface area contributed by atoms with Gasteiger partial charge in [0.05, 0.1) is 11.4 Å². The molecule has 3 aromatic heterocycles. The van der Waals surface area contributed by atoms with E-state index >= 15 is 0 Å². The predicted octanol–water partition coefficient (Wildman–Crippen LogP) is 3.54. The van der Waals surface area contributed by atoms with E-state index in [1.165, 1.54) is 11.3 Å². The van der Waals surface area contributed by atoms with Crippen molar-refractivity contribution in [2.45, 2.75) is 26.2 Å². The number of hydrogen-bond acceptors (Lipinski definition) is 5. The van der Waals surface area contributed by atoms with Gasteiger partial charge in [0.15, 0.2) is 10.8 Å². The lowest BCUT2D eigenvalue weighted by Crippen LogP contribution is -2.16. The van der Waals surface area contributed by atoms with Crippen molar-refractivity contribution in [1.29, 1.82) is 0 Å². The molecule has 3 heterocycles. The molecular formula is C16H16N6S. The van der Waals surface area contributed by atoms with Gasteiger partial charge in [0, 0.05) is 11.0 Å². The average Bonchev–Trinajstić information content (AvgIpc) is 3.21. The summed E-state index contributed by atoms with van der Waals surface area (Å²) in [6.07, 6.45) is 0. The van der Waals surface area contributed by atoms with Gasteiger partial charge in [-0.25, -0.2) is 0 Å². The van der Waals surface area contributed by atoms with E-state index < -0.39 is 0 Å². The summed E-state index contributed by atoms with van der Waals surface area (Å²) in [5.74, 6) is 0.859. The third-order valence-electron chi connectivity index (χ3n) is 3.54. The number of benzene rings is 1. The molecule has 6 nitrogen and oxygen atoms in total. The highest BCUT2D eigenvalue weighted by atomic mass is 32.1. The number of aromatic nitrogens is 6. The van der Waals surface area contributed by atoms with Crippen molar-refractivity contribution < 1.29 is 0 Å².